The minimum atomic E-state index is -0.218. The number of nitrogens with zero attached hydrogens (tertiary/aromatic N) is 2. The summed E-state index contributed by atoms with van der Waals surface area (Å²) in [5, 5.41) is 9.14. The number of likely N-dealkylation sites (tertiary alicyclic amines) is 1. The number of hydrogen-bond acceptors (Lipinski definition) is 5. The van der Waals surface area contributed by atoms with Crippen molar-refractivity contribution in [1.29, 1.82) is 0 Å². The normalized spacial score (nSPS) is 15.2. The van der Waals surface area contributed by atoms with Crippen molar-refractivity contribution in [2.75, 3.05) is 32.8 Å². The first-order valence-electron chi connectivity index (χ1n) is 11.0. The monoisotopic (exact) mass is 574 g/mol. The van der Waals surface area contributed by atoms with Crippen LogP contribution in [0.25, 0.3) is 0 Å². The van der Waals surface area contributed by atoms with Gasteiger partial charge >= 0.3 is 6.09 Å². The van der Waals surface area contributed by atoms with Gasteiger partial charge in [0.15, 0.2) is 5.96 Å². The van der Waals surface area contributed by atoms with Crippen molar-refractivity contribution in [3.8, 4) is 0 Å². The molecule has 0 saturated carbocycles. The van der Waals surface area contributed by atoms with Gasteiger partial charge in [-0.1, -0.05) is 19.9 Å². The second kappa shape index (κ2) is 13.1. The minimum absolute atomic E-state index is 0. The molecule has 0 spiro atoms. The number of thiophene rings is 1. The maximum atomic E-state index is 11.9. The molecule has 0 unspecified atom stereocenters. The van der Waals surface area contributed by atoms with Gasteiger partial charge in [-0.05, 0) is 43.3 Å². The molecular formula is C23H35IN4O3S. The Balaban J connectivity index is 0.00000363. The summed E-state index contributed by atoms with van der Waals surface area (Å²) >= 11 is 1.77. The lowest BCUT2D eigenvalue weighted by Gasteiger charge is -2.32. The highest BCUT2D eigenvalue weighted by molar-refractivity contribution is 14.0. The molecular weight excluding hydrogens is 539 g/mol. The molecule has 0 atom stereocenters. The van der Waals surface area contributed by atoms with Crippen LogP contribution in [0.1, 0.15) is 44.3 Å². The Morgan fingerprint density at radius 2 is 2.09 bits per heavy atom. The number of rotatable bonds is 8. The maximum absolute atomic E-state index is 11.9. The van der Waals surface area contributed by atoms with E-state index in [1.54, 1.807) is 22.5 Å². The maximum Gasteiger partial charge on any atom is 0.409 e. The topological polar surface area (TPSA) is 79.1 Å². The van der Waals surface area contributed by atoms with Crippen molar-refractivity contribution in [2.24, 2.45) is 4.99 Å². The number of guanidine groups is 1. The van der Waals surface area contributed by atoms with E-state index in [2.05, 4.69) is 42.0 Å². The van der Waals surface area contributed by atoms with Crippen LogP contribution in [0.3, 0.4) is 0 Å². The predicted molar refractivity (Wildman–Crippen MR) is 140 cm³/mol. The molecule has 3 rings (SSSR count). The molecule has 0 aliphatic carbocycles. The number of furan rings is 1. The number of carbonyl (C=O) groups excluding carboxylic acids is 1. The minimum Gasteiger partial charge on any atom is -0.469 e. The molecule has 2 N–H and O–H groups in total. The lowest BCUT2D eigenvalue weighted by molar-refractivity contribution is 0.0963. The van der Waals surface area contributed by atoms with Gasteiger partial charge in [0.05, 0.1) is 19.4 Å². The zero-order chi connectivity index (χ0) is 22.1. The molecule has 2 aromatic heterocycles. The standard InChI is InChI=1S/C23H34N4O3S.HI/c1-4-29-22(28)27-13-10-18(11-14-27)26-21(24-12-9-19-7-5-15-30-19)25-17-23(2,3)20-8-6-16-31-20;/h5-8,15-16,18H,4,9-14,17H2,1-3H3,(H2,24,25,26);1H. The van der Waals surface area contributed by atoms with Crippen molar-refractivity contribution in [1.82, 2.24) is 15.5 Å². The van der Waals surface area contributed by atoms with Crippen molar-refractivity contribution in [3.05, 3.63) is 46.5 Å². The van der Waals surface area contributed by atoms with Crippen LogP contribution >= 0.6 is 35.3 Å². The molecule has 32 heavy (non-hydrogen) atoms. The summed E-state index contributed by atoms with van der Waals surface area (Å²) < 4.78 is 10.6. The van der Waals surface area contributed by atoms with Gasteiger partial charge in [-0.15, -0.1) is 35.3 Å². The Morgan fingerprint density at radius 1 is 1.31 bits per heavy atom. The van der Waals surface area contributed by atoms with Crippen LogP contribution in [-0.4, -0.2) is 55.8 Å². The number of aliphatic imine (C=N–C) groups is 1. The van der Waals surface area contributed by atoms with E-state index in [0.717, 1.165) is 37.5 Å². The fourth-order valence-electron chi connectivity index (χ4n) is 3.54. The number of ether oxygens (including phenoxy) is 1. The number of amides is 1. The second-order valence-electron chi connectivity index (χ2n) is 8.39. The fraction of sp³-hybridized carbons (Fsp3) is 0.565. The third-order valence-electron chi connectivity index (χ3n) is 5.43. The summed E-state index contributed by atoms with van der Waals surface area (Å²) in [5.74, 6) is 1.76. The molecule has 178 valence electrons. The van der Waals surface area contributed by atoms with E-state index in [1.165, 1.54) is 4.88 Å². The van der Waals surface area contributed by atoms with Crippen molar-refractivity contribution in [2.45, 2.75) is 51.5 Å². The molecule has 1 amide bonds. The van der Waals surface area contributed by atoms with Crippen LogP contribution in [0.5, 0.6) is 0 Å². The van der Waals surface area contributed by atoms with Crippen molar-refractivity contribution >= 4 is 47.4 Å². The molecule has 9 heteroatoms. The molecule has 1 aliphatic heterocycles. The summed E-state index contributed by atoms with van der Waals surface area (Å²) in [7, 11) is 0. The smallest absolute Gasteiger partial charge is 0.409 e. The molecule has 7 nitrogen and oxygen atoms in total. The SMILES string of the molecule is CCOC(=O)N1CCC(NC(=NCC(C)(C)c2cccs2)NCCc2ccco2)CC1.I. The first-order valence-corrected chi connectivity index (χ1v) is 11.9. The highest BCUT2D eigenvalue weighted by Gasteiger charge is 2.25. The van der Waals surface area contributed by atoms with E-state index in [-0.39, 0.29) is 41.5 Å². The first-order chi connectivity index (χ1) is 15.0. The van der Waals surface area contributed by atoms with E-state index < -0.39 is 0 Å². The summed E-state index contributed by atoms with van der Waals surface area (Å²) in [6.07, 6.45) is 4.01. The highest BCUT2D eigenvalue weighted by atomic mass is 127. The van der Waals surface area contributed by atoms with Gasteiger partial charge in [0.2, 0.25) is 0 Å². The van der Waals surface area contributed by atoms with E-state index in [1.807, 2.05) is 19.1 Å². The molecule has 3 heterocycles. The van der Waals surface area contributed by atoms with E-state index >= 15 is 0 Å². The summed E-state index contributed by atoms with van der Waals surface area (Å²) in [4.78, 5) is 20.0. The average molecular weight is 575 g/mol. The number of piperidine rings is 1. The highest BCUT2D eigenvalue weighted by Crippen LogP contribution is 2.27. The van der Waals surface area contributed by atoms with Gasteiger partial charge in [-0.2, -0.15) is 0 Å². The summed E-state index contributed by atoms with van der Waals surface area (Å²) in [6.45, 7) is 9.50. The number of halogens is 1. The quantitative estimate of drug-likeness (QED) is 0.273. The lowest BCUT2D eigenvalue weighted by atomic mass is 9.92. The van der Waals surface area contributed by atoms with Crippen LogP contribution in [0.4, 0.5) is 4.79 Å². The van der Waals surface area contributed by atoms with E-state index in [0.29, 0.717) is 26.2 Å². The zero-order valence-corrected chi connectivity index (χ0v) is 22.3. The third kappa shape index (κ3) is 7.99. The fourth-order valence-corrected chi connectivity index (χ4v) is 4.39. The molecule has 0 radical (unpaired) electrons. The van der Waals surface area contributed by atoms with E-state index in [4.69, 9.17) is 14.1 Å². The van der Waals surface area contributed by atoms with Gasteiger partial charge in [0.1, 0.15) is 5.76 Å². The Kier molecular flexibility index (Phi) is 10.8. The molecule has 2 aromatic rings. The van der Waals surface area contributed by atoms with Crippen LogP contribution < -0.4 is 10.6 Å². The lowest BCUT2D eigenvalue weighted by Crippen LogP contribution is -2.50. The molecule has 1 aliphatic rings. The molecule has 0 bridgehead atoms. The van der Waals surface area contributed by atoms with Gasteiger partial charge < -0.3 is 24.7 Å². The van der Waals surface area contributed by atoms with Gasteiger partial charge in [0.25, 0.3) is 0 Å². The zero-order valence-electron chi connectivity index (χ0n) is 19.1. The van der Waals surface area contributed by atoms with E-state index in [9.17, 15) is 4.79 Å². The van der Waals surface area contributed by atoms with Crippen LogP contribution in [0.2, 0.25) is 0 Å². The van der Waals surface area contributed by atoms with Gasteiger partial charge in [-0.3, -0.25) is 4.99 Å². The first kappa shape index (κ1) is 26.5. The number of nitrogens with one attached hydrogen (secondary N) is 2. The number of carbonyl (C=O) groups is 1. The van der Waals surface area contributed by atoms with Crippen LogP contribution in [0.15, 0.2) is 45.3 Å². The molecule has 1 fully saturated rings. The molecule has 1 saturated heterocycles. The summed E-state index contributed by atoms with van der Waals surface area (Å²) in [5.41, 5.74) is -0.0307. The second-order valence-corrected chi connectivity index (χ2v) is 9.33. The average Bonchev–Trinajstić information content (AvgIpc) is 3.47. The predicted octanol–water partition coefficient (Wildman–Crippen LogP) is 4.64. The Labute approximate surface area is 212 Å². The third-order valence-corrected chi connectivity index (χ3v) is 6.66. The van der Waals surface area contributed by atoms with Gasteiger partial charge in [0, 0.05) is 42.4 Å². The van der Waals surface area contributed by atoms with Crippen LogP contribution in [-0.2, 0) is 16.6 Å². The number of hydrogen-bond donors (Lipinski definition) is 2. The summed E-state index contributed by atoms with van der Waals surface area (Å²) in [6, 6.07) is 8.41. The van der Waals surface area contributed by atoms with Crippen molar-refractivity contribution < 1.29 is 13.9 Å². The molecule has 0 aromatic carbocycles. The van der Waals surface area contributed by atoms with Crippen molar-refractivity contribution in [3.63, 3.8) is 0 Å². The van der Waals surface area contributed by atoms with Gasteiger partial charge in [-0.25, -0.2) is 4.79 Å². The Hall–Kier alpha value is -1.75. The van der Waals surface area contributed by atoms with Crippen LogP contribution in [0, 0.1) is 0 Å². The Bertz CT molecular complexity index is 816. The Morgan fingerprint density at radius 3 is 2.72 bits per heavy atom. The largest absolute Gasteiger partial charge is 0.469 e.